The smallest absolute Gasteiger partial charge is 0.260 e. The molecular formula is C20H27N5O4. The van der Waals surface area contributed by atoms with E-state index in [1.165, 1.54) is 0 Å². The first-order valence-electron chi connectivity index (χ1n) is 10.1. The van der Waals surface area contributed by atoms with E-state index >= 15 is 0 Å². The van der Waals surface area contributed by atoms with Gasteiger partial charge in [0.25, 0.3) is 6.54 Å². The second kappa shape index (κ2) is 9.99. The molecule has 1 aromatic rings. The third-order valence-corrected chi connectivity index (χ3v) is 5.19. The fraction of sp³-hybridized carbons (Fsp3) is 0.550. The van der Waals surface area contributed by atoms with Crippen molar-refractivity contribution in [3.8, 4) is 0 Å². The molecule has 0 spiro atoms. The van der Waals surface area contributed by atoms with Crippen molar-refractivity contribution in [3.63, 3.8) is 0 Å². The van der Waals surface area contributed by atoms with Crippen molar-refractivity contribution in [3.05, 3.63) is 40.4 Å². The molecule has 1 N–H and O–H groups in total. The number of aliphatic imine (C=N–C) groups is 1. The molecule has 2 aliphatic heterocycles. The van der Waals surface area contributed by atoms with E-state index in [0.29, 0.717) is 18.7 Å². The summed E-state index contributed by atoms with van der Waals surface area (Å²) in [6.07, 6.45) is 4.10. The van der Waals surface area contributed by atoms with Crippen molar-refractivity contribution in [1.29, 1.82) is 0 Å². The molecule has 2 saturated heterocycles. The van der Waals surface area contributed by atoms with E-state index in [9.17, 15) is 19.7 Å². The third-order valence-electron chi connectivity index (χ3n) is 5.19. The van der Waals surface area contributed by atoms with Crippen LogP contribution in [-0.2, 0) is 9.59 Å². The summed E-state index contributed by atoms with van der Waals surface area (Å²) in [5.41, 5.74) is 0.676. The minimum Gasteiger partial charge on any atom is -0.341 e. The van der Waals surface area contributed by atoms with Crippen molar-refractivity contribution >= 4 is 23.3 Å². The zero-order valence-electron chi connectivity index (χ0n) is 16.5. The molecule has 156 valence electrons. The number of rotatable bonds is 6. The molecular weight excluding hydrogens is 374 g/mol. The molecule has 9 nitrogen and oxygen atoms in total. The van der Waals surface area contributed by atoms with Crippen LogP contribution in [0.1, 0.15) is 32.1 Å². The Bertz CT molecular complexity index is 761. The first-order chi connectivity index (χ1) is 14.0. The van der Waals surface area contributed by atoms with E-state index in [1.54, 1.807) is 21.9 Å². The van der Waals surface area contributed by atoms with Gasteiger partial charge in [0.1, 0.15) is 6.04 Å². The summed E-state index contributed by atoms with van der Waals surface area (Å²) in [7, 11) is 0. The predicted molar refractivity (Wildman–Crippen MR) is 109 cm³/mol. The number of nitrogens with one attached hydrogen (secondary N) is 1. The normalized spacial score (nSPS) is 20.5. The summed E-state index contributed by atoms with van der Waals surface area (Å²) in [5.74, 6) is -0.119. The predicted octanol–water partition coefficient (Wildman–Crippen LogP) is 1.78. The maximum Gasteiger partial charge on any atom is 0.260 e. The minimum atomic E-state index is -0.713. The van der Waals surface area contributed by atoms with Crippen LogP contribution >= 0.6 is 0 Å². The minimum absolute atomic E-state index is 0.0339. The Morgan fingerprint density at radius 1 is 1.14 bits per heavy atom. The van der Waals surface area contributed by atoms with Crippen molar-refractivity contribution in [2.45, 2.75) is 38.1 Å². The molecule has 0 unspecified atom stereocenters. The molecule has 1 atom stereocenters. The van der Waals surface area contributed by atoms with Crippen LogP contribution in [0.4, 0.5) is 5.69 Å². The number of amides is 2. The molecule has 2 fully saturated rings. The summed E-state index contributed by atoms with van der Waals surface area (Å²) >= 11 is 0. The Hall–Kier alpha value is -2.97. The van der Waals surface area contributed by atoms with Gasteiger partial charge in [0.2, 0.25) is 11.8 Å². The van der Waals surface area contributed by atoms with Crippen molar-refractivity contribution in [2.75, 3.05) is 38.0 Å². The van der Waals surface area contributed by atoms with Gasteiger partial charge >= 0.3 is 0 Å². The molecule has 0 bridgehead atoms. The SMILES string of the molecule is O=C(CN1CCCC[C@H](N=C(C[N+](=O)[O-])Nc2ccccc2)C1=O)N1CCCC1. The van der Waals surface area contributed by atoms with Crippen LogP contribution in [0.2, 0.25) is 0 Å². The van der Waals surface area contributed by atoms with Gasteiger partial charge < -0.3 is 15.1 Å². The van der Waals surface area contributed by atoms with Gasteiger partial charge in [0.05, 0.1) is 6.54 Å². The zero-order valence-corrected chi connectivity index (χ0v) is 16.5. The average molecular weight is 401 g/mol. The van der Waals surface area contributed by atoms with Crippen molar-refractivity contribution in [2.24, 2.45) is 4.99 Å². The average Bonchev–Trinajstić information content (AvgIpc) is 3.18. The second-order valence-electron chi connectivity index (χ2n) is 7.42. The Kier molecular flexibility index (Phi) is 7.15. The number of amidine groups is 1. The van der Waals surface area contributed by atoms with E-state index in [4.69, 9.17) is 0 Å². The number of nitrogens with zero attached hydrogens (tertiary/aromatic N) is 4. The topological polar surface area (TPSA) is 108 Å². The summed E-state index contributed by atoms with van der Waals surface area (Å²) in [5, 5.41) is 14.0. The number of likely N-dealkylation sites (tertiary alicyclic amines) is 2. The van der Waals surface area contributed by atoms with E-state index in [0.717, 1.165) is 38.8 Å². The van der Waals surface area contributed by atoms with Crippen LogP contribution in [0, 0.1) is 10.1 Å². The molecule has 3 rings (SSSR count). The largest absolute Gasteiger partial charge is 0.341 e. The van der Waals surface area contributed by atoms with E-state index in [-0.39, 0.29) is 24.2 Å². The van der Waals surface area contributed by atoms with Crippen LogP contribution in [0.25, 0.3) is 0 Å². The standard InChI is InChI=1S/C20H27N5O4/c26-19(23-11-6-7-12-23)15-24-13-5-4-10-17(20(24)27)22-18(14-25(28)29)21-16-8-2-1-3-9-16/h1-3,8-9,17H,4-7,10-15H2,(H,21,22)/t17-/m0/s1. The first-order valence-corrected chi connectivity index (χ1v) is 10.1. The van der Waals surface area contributed by atoms with E-state index in [2.05, 4.69) is 10.3 Å². The van der Waals surface area contributed by atoms with E-state index < -0.39 is 17.5 Å². The summed E-state index contributed by atoms with van der Waals surface area (Å²) in [4.78, 5) is 43.9. The summed E-state index contributed by atoms with van der Waals surface area (Å²) in [6.45, 7) is 1.57. The Morgan fingerprint density at radius 2 is 1.83 bits per heavy atom. The lowest BCUT2D eigenvalue weighted by molar-refractivity contribution is -0.463. The Labute approximate surface area is 169 Å². The molecule has 0 radical (unpaired) electrons. The highest BCUT2D eigenvalue weighted by Crippen LogP contribution is 2.17. The van der Waals surface area contributed by atoms with Gasteiger partial charge in [-0.25, -0.2) is 0 Å². The van der Waals surface area contributed by atoms with Gasteiger partial charge in [0, 0.05) is 30.2 Å². The Balaban J connectivity index is 1.73. The molecule has 0 aromatic heterocycles. The van der Waals surface area contributed by atoms with Crippen LogP contribution in [0.5, 0.6) is 0 Å². The molecule has 0 saturated carbocycles. The molecule has 2 aliphatic rings. The molecule has 9 heteroatoms. The molecule has 0 aliphatic carbocycles. The van der Waals surface area contributed by atoms with Gasteiger partial charge in [0.15, 0.2) is 5.84 Å². The lowest BCUT2D eigenvalue weighted by Crippen LogP contribution is -2.45. The second-order valence-corrected chi connectivity index (χ2v) is 7.42. The van der Waals surface area contributed by atoms with Gasteiger partial charge in [-0.2, -0.15) is 0 Å². The number of para-hydroxylation sites is 1. The monoisotopic (exact) mass is 401 g/mol. The van der Waals surface area contributed by atoms with Gasteiger partial charge in [-0.3, -0.25) is 24.7 Å². The number of hydrogen-bond acceptors (Lipinski definition) is 5. The summed E-state index contributed by atoms with van der Waals surface area (Å²) < 4.78 is 0. The molecule has 2 amide bonds. The number of carbonyl (C=O) groups excluding carboxylic acids is 2. The maximum atomic E-state index is 13.0. The van der Waals surface area contributed by atoms with Gasteiger partial charge in [-0.15, -0.1) is 0 Å². The number of anilines is 1. The molecule has 1 aromatic carbocycles. The quantitative estimate of drug-likeness (QED) is 0.338. The van der Waals surface area contributed by atoms with Gasteiger partial charge in [-0.05, 0) is 44.2 Å². The van der Waals surface area contributed by atoms with E-state index in [1.807, 2.05) is 18.2 Å². The Morgan fingerprint density at radius 3 is 2.52 bits per heavy atom. The van der Waals surface area contributed by atoms with Crippen molar-refractivity contribution < 1.29 is 14.5 Å². The molecule has 2 heterocycles. The fourth-order valence-electron chi connectivity index (χ4n) is 3.70. The highest BCUT2D eigenvalue weighted by molar-refractivity contribution is 5.98. The third kappa shape index (κ3) is 6.00. The lowest BCUT2D eigenvalue weighted by Gasteiger charge is -2.25. The summed E-state index contributed by atoms with van der Waals surface area (Å²) in [6, 6.07) is 8.33. The lowest BCUT2D eigenvalue weighted by atomic mass is 10.1. The number of nitro groups is 1. The zero-order chi connectivity index (χ0) is 20.6. The maximum absolute atomic E-state index is 13.0. The highest BCUT2D eigenvalue weighted by atomic mass is 16.6. The number of carbonyl (C=O) groups is 2. The first kappa shape index (κ1) is 20.8. The number of hydrogen-bond donors (Lipinski definition) is 1. The molecule has 29 heavy (non-hydrogen) atoms. The van der Waals surface area contributed by atoms with Gasteiger partial charge in [-0.1, -0.05) is 18.2 Å². The van der Waals surface area contributed by atoms with Crippen molar-refractivity contribution in [1.82, 2.24) is 9.80 Å². The van der Waals surface area contributed by atoms with Crippen LogP contribution in [0.15, 0.2) is 35.3 Å². The van der Waals surface area contributed by atoms with Crippen LogP contribution in [0.3, 0.4) is 0 Å². The number of benzene rings is 1. The van der Waals surface area contributed by atoms with Crippen LogP contribution in [-0.4, -0.2) is 71.1 Å². The highest BCUT2D eigenvalue weighted by Gasteiger charge is 2.30. The van der Waals surface area contributed by atoms with Crippen LogP contribution < -0.4 is 5.32 Å². The fourth-order valence-corrected chi connectivity index (χ4v) is 3.70.